The molecule has 1 aliphatic heterocycles. The van der Waals surface area contributed by atoms with Gasteiger partial charge in [-0.3, -0.25) is 9.80 Å². The lowest BCUT2D eigenvalue weighted by molar-refractivity contribution is 0.107. The van der Waals surface area contributed by atoms with Gasteiger partial charge in [-0.15, -0.1) is 0 Å². The molecule has 0 aromatic rings. The maximum absolute atomic E-state index is 9.03. The molecule has 0 unspecified atom stereocenters. The van der Waals surface area contributed by atoms with Crippen LogP contribution in [0.4, 0.5) is 0 Å². The molecule has 0 aromatic heterocycles. The van der Waals surface area contributed by atoms with E-state index in [2.05, 4.69) is 30.2 Å². The van der Waals surface area contributed by atoms with E-state index in [1.807, 2.05) is 0 Å². The van der Waals surface area contributed by atoms with Crippen molar-refractivity contribution >= 4 is 0 Å². The highest BCUT2D eigenvalue weighted by atomic mass is 16.3. The summed E-state index contributed by atoms with van der Waals surface area (Å²) >= 11 is 0. The van der Waals surface area contributed by atoms with Gasteiger partial charge in [-0.1, -0.05) is 6.58 Å². The van der Waals surface area contributed by atoms with Gasteiger partial charge in [0.2, 0.25) is 0 Å². The van der Waals surface area contributed by atoms with Crippen molar-refractivity contribution in [3.63, 3.8) is 0 Å². The van der Waals surface area contributed by atoms with E-state index >= 15 is 0 Å². The van der Waals surface area contributed by atoms with E-state index in [0.717, 1.165) is 26.2 Å². The van der Waals surface area contributed by atoms with E-state index < -0.39 is 0 Å². The SMILES string of the molecule is C=C(O)CN1CCN(C(C)C)CC1. The molecule has 1 aliphatic rings. The summed E-state index contributed by atoms with van der Waals surface area (Å²) in [4.78, 5) is 4.69. The third-order valence-electron chi connectivity index (χ3n) is 2.54. The molecule has 0 aliphatic carbocycles. The Hall–Kier alpha value is -0.540. The summed E-state index contributed by atoms with van der Waals surface area (Å²) in [5.41, 5.74) is 0. The topological polar surface area (TPSA) is 26.7 Å². The largest absolute Gasteiger partial charge is 0.512 e. The Morgan fingerprint density at radius 2 is 1.85 bits per heavy atom. The molecule has 3 heteroatoms. The third kappa shape index (κ3) is 3.36. The predicted octanol–water partition coefficient (Wildman–Crippen LogP) is 1.08. The minimum Gasteiger partial charge on any atom is -0.512 e. The van der Waals surface area contributed by atoms with Crippen LogP contribution in [-0.2, 0) is 0 Å². The molecule has 0 aromatic carbocycles. The smallest absolute Gasteiger partial charge is 0.0991 e. The standard InChI is InChI=1S/C10H20N2O/c1-9(2)12-6-4-11(5-7-12)8-10(3)13/h9,13H,3-8H2,1-2H3. The molecule has 76 valence electrons. The van der Waals surface area contributed by atoms with Gasteiger partial charge >= 0.3 is 0 Å². The first-order valence-electron chi connectivity index (χ1n) is 4.92. The van der Waals surface area contributed by atoms with Crippen molar-refractivity contribution in [3.05, 3.63) is 12.3 Å². The number of piperazine rings is 1. The van der Waals surface area contributed by atoms with E-state index in [4.69, 9.17) is 5.11 Å². The highest BCUT2D eigenvalue weighted by Gasteiger charge is 2.18. The van der Waals surface area contributed by atoms with Crippen LogP contribution < -0.4 is 0 Å². The van der Waals surface area contributed by atoms with Gasteiger partial charge in [0, 0.05) is 32.2 Å². The van der Waals surface area contributed by atoms with Crippen LogP contribution in [-0.4, -0.2) is 53.7 Å². The average Bonchev–Trinajstić information content (AvgIpc) is 2.04. The molecule has 1 fully saturated rings. The maximum atomic E-state index is 9.03. The van der Waals surface area contributed by atoms with Crippen LogP contribution in [0.1, 0.15) is 13.8 Å². The summed E-state index contributed by atoms with van der Waals surface area (Å²) in [5.74, 6) is 0.276. The molecule has 3 nitrogen and oxygen atoms in total. The average molecular weight is 184 g/mol. The van der Waals surface area contributed by atoms with E-state index in [0.29, 0.717) is 12.6 Å². The van der Waals surface area contributed by atoms with E-state index in [9.17, 15) is 0 Å². The molecule has 0 radical (unpaired) electrons. The summed E-state index contributed by atoms with van der Waals surface area (Å²) < 4.78 is 0. The molecule has 1 saturated heterocycles. The van der Waals surface area contributed by atoms with Crippen LogP contribution in [0.2, 0.25) is 0 Å². The van der Waals surface area contributed by atoms with Crippen molar-refractivity contribution in [1.29, 1.82) is 0 Å². The van der Waals surface area contributed by atoms with Gasteiger partial charge in [-0.2, -0.15) is 0 Å². The number of hydrogen-bond donors (Lipinski definition) is 1. The minimum atomic E-state index is 0.276. The number of nitrogens with zero attached hydrogens (tertiary/aromatic N) is 2. The lowest BCUT2D eigenvalue weighted by Crippen LogP contribution is -2.49. The normalized spacial score (nSPS) is 20.8. The number of aliphatic hydroxyl groups is 1. The van der Waals surface area contributed by atoms with E-state index in [1.54, 1.807) is 0 Å². The molecule has 1 N–H and O–H groups in total. The van der Waals surface area contributed by atoms with Crippen LogP contribution >= 0.6 is 0 Å². The van der Waals surface area contributed by atoms with Crippen LogP contribution in [0.15, 0.2) is 12.3 Å². The molecule has 1 heterocycles. The first kappa shape index (κ1) is 10.5. The van der Waals surface area contributed by atoms with Gasteiger partial charge in [0.05, 0.1) is 12.3 Å². The molecule has 0 spiro atoms. The molecule has 0 amide bonds. The van der Waals surface area contributed by atoms with Gasteiger partial charge in [-0.25, -0.2) is 0 Å². The summed E-state index contributed by atoms with van der Waals surface area (Å²) in [6.07, 6.45) is 0. The Morgan fingerprint density at radius 1 is 1.31 bits per heavy atom. The Balaban J connectivity index is 2.26. The van der Waals surface area contributed by atoms with Crippen molar-refractivity contribution in [2.75, 3.05) is 32.7 Å². The minimum absolute atomic E-state index is 0.276. The second-order valence-electron chi connectivity index (χ2n) is 3.97. The predicted molar refractivity (Wildman–Crippen MR) is 54.9 cm³/mol. The van der Waals surface area contributed by atoms with Gasteiger partial charge in [0.15, 0.2) is 0 Å². The van der Waals surface area contributed by atoms with E-state index in [-0.39, 0.29) is 5.76 Å². The molecule has 13 heavy (non-hydrogen) atoms. The Morgan fingerprint density at radius 3 is 2.23 bits per heavy atom. The molecule has 0 bridgehead atoms. The lowest BCUT2D eigenvalue weighted by Gasteiger charge is -2.36. The van der Waals surface area contributed by atoms with Gasteiger partial charge in [0.25, 0.3) is 0 Å². The highest BCUT2D eigenvalue weighted by Crippen LogP contribution is 2.06. The first-order valence-corrected chi connectivity index (χ1v) is 4.92. The molecule has 1 rings (SSSR count). The fraction of sp³-hybridized carbons (Fsp3) is 0.800. The second-order valence-corrected chi connectivity index (χ2v) is 3.97. The van der Waals surface area contributed by atoms with Gasteiger partial charge < -0.3 is 5.11 Å². The fourth-order valence-electron chi connectivity index (χ4n) is 1.70. The number of rotatable bonds is 3. The fourth-order valence-corrected chi connectivity index (χ4v) is 1.70. The number of hydrogen-bond acceptors (Lipinski definition) is 3. The van der Waals surface area contributed by atoms with Crippen molar-refractivity contribution in [2.45, 2.75) is 19.9 Å². The zero-order valence-corrected chi connectivity index (χ0v) is 8.66. The van der Waals surface area contributed by atoms with Crippen molar-refractivity contribution in [3.8, 4) is 0 Å². The summed E-state index contributed by atoms with van der Waals surface area (Å²) in [6.45, 7) is 12.9. The van der Waals surface area contributed by atoms with Crippen LogP contribution in [0, 0.1) is 0 Å². The summed E-state index contributed by atoms with van der Waals surface area (Å²) in [6, 6.07) is 0.638. The molecule has 0 saturated carbocycles. The highest BCUT2D eigenvalue weighted by molar-refractivity contribution is 4.86. The summed E-state index contributed by atoms with van der Waals surface area (Å²) in [7, 11) is 0. The van der Waals surface area contributed by atoms with E-state index in [1.165, 1.54) is 0 Å². The van der Waals surface area contributed by atoms with Crippen molar-refractivity contribution in [1.82, 2.24) is 9.80 Å². The quantitative estimate of drug-likeness (QED) is 0.665. The Labute approximate surface area is 80.6 Å². The van der Waals surface area contributed by atoms with Crippen LogP contribution in [0.25, 0.3) is 0 Å². The van der Waals surface area contributed by atoms with Crippen molar-refractivity contribution < 1.29 is 5.11 Å². The second kappa shape index (κ2) is 4.63. The molecular formula is C10H20N2O. The Kier molecular flexibility index (Phi) is 3.75. The molecule has 0 atom stereocenters. The summed E-state index contributed by atoms with van der Waals surface area (Å²) in [5, 5.41) is 9.03. The van der Waals surface area contributed by atoms with Gasteiger partial charge in [0.1, 0.15) is 0 Å². The number of aliphatic hydroxyl groups excluding tert-OH is 1. The maximum Gasteiger partial charge on any atom is 0.0991 e. The zero-order valence-electron chi connectivity index (χ0n) is 8.66. The zero-order chi connectivity index (χ0) is 9.84. The van der Waals surface area contributed by atoms with Gasteiger partial charge in [-0.05, 0) is 13.8 Å². The first-order chi connectivity index (χ1) is 6.09. The third-order valence-corrected chi connectivity index (χ3v) is 2.54. The van der Waals surface area contributed by atoms with Crippen molar-refractivity contribution in [2.24, 2.45) is 0 Å². The van der Waals surface area contributed by atoms with Crippen LogP contribution in [0.3, 0.4) is 0 Å². The Bertz CT molecular complexity index is 172. The monoisotopic (exact) mass is 184 g/mol. The molecular weight excluding hydrogens is 164 g/mol. The van der Waals surface area contributed by atoms with Crippen LogP contribution in [0.5, 0.6) is 0 Å². The lowest BCUT2D eigenvalue weighted by atomic mass is 10.2.